The summed E-state index contributed by atoms with van der Waals surface area (Å²) in [4.78, 5) is 25.5. The van der Waals surface area contributed by atoms with Gasteiger partial charge in [-0.3, -0.25) is 4.79 Å². The number of hydrogen-bond donors (Lipinski definition) is 0. The number of methoxy groups -OCH3 is 1. The van der Waals surface area contributed by atoms with Crippen molar-refractivity contribution < 1.29 is 27.9 Å². The van der Waals surface area contributed by atoms with Gasteiger partial charge in [-0.05, 0) is 60.4 Å². The van der Waals surface area contributed by atoms with E-state index in [1.807, 2.05) is 25.1 Å². The van der Waals surface area contributed by atoms with E-state index in [1.165, 1.54) is 19.2 Å². The number of Topliss-reactive ketones (excluding diaryl/α,β-unsaturated/α-hetero) is 1. The Hall–Kier alpha value is -3.93. The Morgan fingerprint density at radius 1 is 1.00 bits per heavy atom. The van der Waals surface area contributed by atoms with Gasteiger partial charge in [0.05, 0.1) is 24.8 Å². The zero-order valence-electron chi connectivity index (χ0n) is 21.1. The van der Waals surface area contributed by atoms with Crippen molar-refractivity contribution in [3.8, 4) is 28.2 Å². The highest BCUT2D eigenvalue weighted by molar-refractivity contribution is 6.13. The van der Waals surface area contributed by atoms with Gasteiger partial charge in [0.25, 0.3) is 0 Å². The van der Waals surface area contributed by atoms with Crippen molar-refractivity contribution in [2.24, 2.45) is 5.92 Å². The van der Waals surface area contributed by atoms with E-state index in [1.54, 1.807) is 31.2 Å². The van der Waals surface area contributed by atoms with Gasteiger partial charge in [0.1, 0.15) is 22.9 Å². The Kier molecular flexibility index (Phi) is 7.25. The van der Waals surface area contributed by atoms with E-state index >= 15 is 0 Å². The normalized spacial score (nSPS) is 11.2. The molecule has 0 unspecified atom stereocenters. The number of rotatable bonds is 8. The quantitative estimate of drug-likeness (QED) is 0.188. The van der Waals surface area contributed by atoms with Crippen LogP contribution in [0.15, 0.2) is 59.0 Å². The van der Waals surface area contributed by atoms with E-state index in [4.69, 9.17) is 13.9 Å². The fourth-order valence-corrected chi connectivity index (χ4v) is 4.10. The third-order valence-electron chi connectivity index (χ3n) is 6.02. The zero-order valence-corrected chi connectivity index (χ0v) is 21.1. The topological polar surface area (TPSA) is 65.7 Å². The molecule has 0 radical (unpaired) electrons. The summed E-state index contributed by atoms with van der Waals surface area (Å²) in [5, 5.41) is 0.633. The van der Waals surface area contributed by atoms with E-state index in [-0.39, 0.29) is 23.9 Å². The second-order valence-corrected chi connectivity index (χ2v) is 9.16. The minimum atomic E-state index is -0.427. The molecule has 6 heteroatoms. The molecular formula is C30H29FO5. The number of hydrogen-bond acceptors (Lipinski definition) is 5. The number of carbonyl (C=O) groups excluding carboxylic acids is 2. The maximum atomic E-state index is 13.6. The Morgan fingerprint density at radius 3 is 2.33 bits per heavy atom. The lowest BCUT2D eigenvalue weighted by molar-refractivity contribution is 0.0599. The van der Waals surface area contributed by atoms with Crippen molar-refractivity contribution in [2.45, 2.75) is 34.1 Å². The lowest BCUT2D eigenvalue weighted by Crippen LogP contribution is -2.06. The van der Waals surface area contributed by atoms with Crippen LogP contribution in [-0.2, 0) is 4.74 Å². The molecule has 0 saturated heterocycles. The summed E-state index contributed by atoms with van der Waals surface area (Å²) in [5.74, 6) is 0.359. The second-order valence-electron chi connectivity index (χ2n) is 9.16. The zero-order chi connectivity index (χ0) is 26.0. The molecule has 0 bridgehead atoms. The summed E-state index contributed by atoms with van der Waals surface area (Å²) in [6.07, 6.45) is 0.279. The molecule has 4 aromatic rings. The van der Waals surface area contributed by atoms with E-state index in [0.29, 0.717) is 45.8 Å². The SMILES string of the molecule is CCC(=O)c1c(-c2ccc(F)cc2)oc2cc(OCC(C)C)c(-c3ccc(C)c(C(=O)OC)c3)cc12. The van der Waals surface area contributed by atoms with Crippen molar-refractivity contribution in [2.75, 3.05) is 13.7 Å². The number of ketones is 1. The number of carbonyl (C=O) groups is 2. The van der Waals surface area contributed by atoms with Gasteiger partial charge >= 0.3 is 5.97 Å². The highest BCUT2D eigenvalue weighted by atomic mass is 19.1. The number of furan rings is 1. The van der Waals surface area contributed by atoms with Crippen molar-refractivity contribution in [3.63, 3.8) is 0 Å². The fourth-order valence-electron chi connectivity index (χ4n) is 4.10. The molecule has 36 heavy (non-hydrogen) atoms. The first-order valence-corrected chi connectivity index (χ1v) is 11.9. The molecule has 186 valence electrons. The molecule has 0 fully saturated rings. The summed E-state index contributed by atoms with van der Waals surface area (Å²) < 4.78 is 30.9. The van der Waals surface area contributed by atoms with Gasteiger partial charge in [0.2, 0.25) is 0 Å². The Bertz CT molecular complexity index is 1430. The molecule has 3 aromatic carbocycles. The van der Waals surface area contributed by atoms with Gasteiger partial charge in [0, 0.05) is 29.0 Å². The third kappa shape index (κ3) is 4.89. The maximum absolute atomic E-state index is 13.6. The molecule has 0 aliphatic heterocycles. The van der Waals surface area contributed by atoms with Gasteiger partial charge in [-0.15, -0.1) is 0 Å². The molecule has 0 atom stereocenters. The predicted octanol–water partition coefficient (Wildman–Crippen LogP) is 7.63. The Morgan fingerprint density at radius 2 is 1.69 bits per heavy atom. The van der Waals surface area contributed by atoms with Gasteiger partial charge < -0.3 is 13.9 Å². The molecule has 0 aliphatic rings. The standard InChI is InChI=1S/C30H29FO5/c1-6-25(32)28-24-14-23(20-8-7-18(4)22(13-20)30(33)34-5)26(35-16-17(2)3)15-27(24)36-29(28)19-9-11-21(31)12-10-19/h7-15,17H,6,16H2,1-5H3. The van der Waals surface area contributed by atoms with Gasteiger partial charge in [0.15, 0.2) is 5.78 Å². The van der Waals surface area contributed by atoms with Crippen LogP contribution in [0.3, 0.4) is 0 Å². The number of benzene rings is 3. The third-order valence-corrected chi connectivity index (χ3v) is 6.02. The molecule has 4 rings (SSSR count). The molecule has 5 nitrogen and oxygen atoms in total. The summed E-state index contributed by atoms with van der Waals surface area (Å²) in [6, 6.07) is 15.1. The fraction of sp³-hybridized carbons (Fsp3) is 0.267. The van der Waals surface area contributed by atoms with Gasteiger partial charge in [-0.2, -0.15) is 0 Å². The van der Waals surface area contributed by atoms with Crippen molar-refractivity contribution >= 4 is 22.7 Å². The highest BCUT2D eigenvalue weighted by Crippen LogP contribution is 2.41. The van der Waals surface area contributed by atoms with Crippen LogP contribution in [0.5, 0.6) is 5.75 Å². The summed E-state index contributed by atoms with van der Waals surface area (Å²) >= 11 is 0. The minimum absolute atomic E-state index is 0.0889. The van der Waals surface area contributed by atoms with Crippen LogP contribution in [-0.4, -0.2) is 25.5 Å². The molecule has 1 heterocycles. The van der Waals surface area contributed by atoms with Crippen LogP contribution in [0.1, 0.15) is 53.5 Å². The molecule has 0 spiro atoms. The largest absolute Gasteiger partial charge is 0.493 e. The summed E-state index contributed by atoms with van der Waals surface area (Å²) in [5.41, 5.74) is 4.27. The van der Waals surface area contributed by atoms with Crippen LogP contribution < -0.4 is 4.74 Å². The van der Waals surface area contributed by atoms with Crippen molar-refractivity contribution in [1.82, 2.24) is 0 Å². The van der Waals surface area contributed by atoms with E-state index in [0.717, 1.165) is 16.7 Å². The first-order chi connectivity index (χ1) is 17.2. The van der Waals surface area contributed by atoms with Crippen LogP contribution >= 0.6 is 0 Å². The van der Waals surface area contributed by atoms with E-state index in [2.05, 4.69) is 13.8 Å². The summed E-state index contributed by atoms with van der Waals surface area (Å²) in [7, 11) is 1.35. The number of halogens is 1. The van der Waals surface area contributed by atoms with Crippen LogP contribution in [0, 0.1) is 18.7 Å². The second kappa shape index (κ2) is 10.4. The first-order valence-electron chi connectivity index (χ1n) is 11.9. The average Bonchev–Trinajstić information content (AvgIpc) is 3.25. The average molecular weight is 489 g/mol. The van der Waals surface area contributed by atoms with E-state index < -0.39 is 5.97 Å². The van der Waals surface area contributed by atoms with Crippen LogP contribution in [0.2, 0.25) is 0 Å². The monoisotopic (exact) mass is 488 g/mol. The number of esters is 1. The van der Waals surface area contributed by atoms with Crippen molar-refractivity contribution in [3.05, 3.63) is 77.1 Å². The summed E-state index contributed by atoms with van der Waals surface area (Å²) in [6.45, 7) is 8.21. The molecule has 1 aromatic heterocycles. The number of ether oxygens (including phenoxy) is 2. The smallest absolute Gasteiger partial charge is 0.338 e. The lowest BCUT2D eigenvalue weighted by atomic mass is 9.95. The lowest BCUT2D eigenvalue weighted by Gasteiger charge is -2.15. The highest BCUT2D eigenvalue weighted by Gasteiger charge is 2.24. The van der Waals surface area contributed by atoms with Crippen LogP contribution in [0.4, 0.5) is 4.39 Å². The number of fused-ring (bicyclic) bond motifs is 1. The maximum Gasteiger partial charge on any atom is 0.338 e. The molecular weight excluding hydrogens is 459 g/mol. The van der Waals surface area contributed by atoms with Crippen LogP contribution in [0.25, 0.3) is 33.4 Å². The molecule has 0 N–H and O–H groups in total. The number of aryl methyl sites for hydroxylation is 1. The molecule has 0 aliphatic carbocycles. The first kappa shape index (κ1) is 25.2. The van der Waals surface area contributed by atoms with Crippen molar-refractivity contribution in [1.29, 1.82) is 0 Å². The molecule has 0 amide bonds. The van der Waals surface area contributed by atoms with Gasteiger partial charge in [-0.25, -0.2) is 9.18 Å². The van der Waals surface area contributed by atoms with Gasteiger partial charge in [-0.1, -0.05) is 32.9 Å². The Balaban J connectivity index is 1.99. The van der Waals surface area contributed by atoms with E-state index in [9.17, 15) is 14.0 Å². The predicted molar refractivity (Wildman–Crippen MR) is 138 cm³/mol. The molecule has 0 saturated carbocycles. The Labute approximate surface area is 209 Å². The minimum Gasteiger partial charge on any atom is -0.493 e.